The fourth-order valence-corrected chi connectivity index (χ4v) is 2.42. The summed E-state index contributed by atoms with van der Waals surface area (Å²) < 4.78 is -0.531. The van der Waals surface area contributed by atoms with Gasteiger partial charge in [-0.25, -0.2) is 0 Å². The minimum absolute atomic E-state index is 0.0221. The van der Waals surface area contributed by atoms with Gasteiger partial charge in [0.05, 0.1) is 4.75 Å². The lowest BCUT2D eigenvalue weighted by atomic mass is 10.0. The molecule has 0 aliphatic carbocycles. The quantitative estimate of drug-likeness (QED) is 0.730. The standard InChI is InChI=1S/C11H16O2S/c1-4-5-6-7-11(3)9(12)8(2)10(13)14-11/h6-7,12H,4-5H2,1-3H3/b7-6+/t11-/m1/s1. The van der Waals surface area contributed by atoms with Gasteiger partial charge < -0.3 is 5.11 Å². The van der Waals surface area contributed by atoms with Crippen molar-refractivity contribution >= 4 is 16.9 Å². The van der Waals surface area contributed by atoms with Gasteiger partial charge in [-0.05, 0) is 20.3 Å². The third-order valence-electron chi connectivity index (χ3n) is 2.33. The van der Waals surface area contributed by atoms with Crippen LogP contribution in [0.5, 0.6) is 0 Å². The number of hydrogen-bond donors (Lipinski definition) is 1. The fourth-order valence-electron chi connectivity index (χ4n) is 1.37. The molecule has 0 radical (unpaired) electrons. The fraction of sp³-hybridized carbons (Fsp3) is 0.545. The Morgan fingerprint density at radius 1 is 1.57 bits per heavy atom. The van der Waals surface area contributed by atoms with Crippen LogP contribution in [0.3, 0.4) is 0 Å². The van der Waals surface area contributed by atoms with Crippen molar-refractivity contribution in [3.63, 3.8) is 0 Å². The van der Waals surface area contributed by atoms with E-state index in [0.717, 1.165) is 12.8 Å². The van der Waals surface area contributed by atoms with Gasteiger partial charge in [0.25, 0.3) is 0 Å². The number of aliphatic hydroxyl groups excluding tert-OH is 1. The number of allylic oxidation sites excluding steroid dienone is 1. The Morgan fingerprint density at radius 2 is 2.21 bits per heavy atom. The molecule has 0 saturated heterocycles. The summed E-state index contributed by atoms with van der Waals surface area (Å²) in [7, 11) is 0. The highest BCUT2D eigenvalue weighted by Crippen LogP contribution is 2.43. The van der Waals surface area contributed by atoms with Crippen molar-refractivity contribution in [3.05, 3.63) is 23.5 Å². The first-order valence-electron chi connectivity index (χ1n) is 4.82. The number of aliphatic hydroxyl groups is 1. The van der Waals surface area contributed by atoms with Crippen molar-refractivity contribution < 1.29 is 9.90 Å². The number of carbonyl (C=O) groups excluding carboxylic acids is 1. The van der Waals surface area contributed by atoms with Gasteiger partial charge in [-0.3, -0.25) is 4.79 Å². The lowest BCUT2D eigenvalue weighted by Crippen LogP contribution is -2.16. The van der Waals surface area contributed by atoms with Crippen LogP contribution in [-0.4, -0.2) is 15.0 Å². The lowest BCUT2D eigenvalue weighted by molar-refractivity contribution is -0.107. The molecule has 1 atom stereocenters. The van der Waals surface area contributed by atoms with Crippen molar-refractivity contribution in [3.8, 4) is 0 Å². The maximum absolute atomic E-state index is 11.3. The van der Waals surface area contributed by atoms with E-state index in [4.69, 9.17) is 0 Å². The Bertz CT molecular complexity index is 304. The highest BCUT2D eigenvalue weighted by molar-refractivity contribution is 8.16. The lowest BCUT2D eigenvalue weighted by Gasteiger charge is -2.17. The first-order chi connectivity index (χ1) is 6.51. The van der Waals surface area contributed by atoms with Crippen molar-refractivity contribution in [2.75, 3.05) is 0 Å². The molecular weight excluding hydrogens is 196 g/mol. The molecule has 3 heteroatoms. The maximum Gasteiger partial charge on any atom is 0.219 e. The zero-order valence-electron chi connectivity index (χ0n) is 8.83. The second-order valence-corrected chi connectivity index (χ2v) is 5.08. The third-order valence-corrected chi connectivity index (χ3v) is 3.57. The van der Waals surface area contributed by atoms with Crippen LogP contribution in [-0.2, 0) is 4.79 Å². The first kappa shape index (κ1) is 11.4. The van der Waals surface area contributed by atoms with Gasteiger partial charge in [0.2, 0.25) is 5.12 Å². The average molecular weight is 212 g/mol. The van der Waals surface area contributed by atoms with Crippen LogP contribution in [0.15, 0.2) is 23.5 Å². The molecule has 14 heavy (non-hydrogen) atoms. The second kappa shape index (κ2) is 4.22. The highest BCUT2D eigenvalue weighted by Gasteiger charge is 2.39. The van der Waals surface area contributed by atoms with E-state index in [0.29, 0.717) is 5.57 Å². The normalized spacial score (nSPS) is 28.1. The highest BCUT2D eigenvalue weighted by atomic mass is 32.2. The van der Waals surface area contributed by atoms with E-state index < -0.39 is 4.75 Å². The van der Waals surface area contributed by atoms with E-state index >= 15 is 0 Å². The molecule has 1 N–H and O–H groups in total. The van der Waals surface area contributed by atoms with Gasteiger partial charge in [0, 0.05) is 5.57 Å². The van der Waals surface area contributed by atoms with E-state index in [1.165, 1.54) is 11.8 Å². The van der Waals surface area contributed by atoms with E-state index in [2.05, 4.69) is 6.92 Å². The number of carbonyl (C=O) groups is 1. The molecule has 1 rings (SSSR count). The van der Waals surface area contributed by atoms with Gasteiger partial charge in [0.15, 0.2) is 0 Å². The van der Waals surface area contributed by atoms with E-state index in [-0.39, 0.29) is 10.9 Å². The Kier molecular flexibility index (Phi) is 3.43. The molecule has 0 aromatic rings. The number of thioether (sulfide) groups is 1. The van der Waals surface area contributed by atoms with Crippen LogP contribution < -0.4 is 0 Å². The van der Waals surface area contributed by atoms with Crippen LogP contribution >= 0.6 is 11.8 Å². The minimum atomic E-state index is -0.531. The van der Waals surface area contributed by atoms with Gasteiger partial charge >= 0.3 is 0 Å². The van der Waals surface area contributed by atoms with Crippen molar-refractivity contribution in [1.29, 1.82) is 0 Å². The van der Waals surface area contributed by atoms with Crippen molar-refractivity contribution in [1.82, 2.24) is 0 Å². The monoisotopic (exact) mass is 212 g/mol. The summed E-state index contributed by atoms with van der Waals surface area (Å²) in [6, 6.07) is 0. The summed E-state index contributed by atoms with van der Waals surface area (Å²) in [5.41, 5.74) is 0.485. The molecule has 0 amide bonds. The summed E-state index contributed by atoms with van der Waals surface area (Å²) in [6.45, 7) is 5.64. The topological polar surface area (TPSA) is 37.3 Å². The predicted octanol–water partition coefficient (Wildman–Crippen LogP) is 3.21. The van der Waals surface area contributed by atoms with Crippen molar-refractivity contribution in [2.24, 2.45) is 0 Å². The largest absolute Gasteiger partial charge is 0.510 e. The van der Waals surface area contributed by atoms with Crippen molar-refractivity contribution in [2.45, 2.75) is 38.4 Å². The van der Waals surface area contributed by atoms with Crippen LogP contribution in [0.2, 0.25) is 0 Å². The molecular formula is C11H16O2S. The second-order valence-electron chi connectivity index (χ2n) is 3.66. The molecule has 0 spiro atoms. The Hall–Kier alpha value is -0.700. The smallest absolute Gasteiger partial charge is 0.219 e. The maximum atomic E-state index is 11.3. The minimum Gasteiger partial charge on any atom is -0.510 e. The van der Waals surface area contributed by atoms with Crippen LogP contribution in [0, 0.1) is 0 Å². The third kappa shape index (κ3) is 2.03. The van der Waals surface area contributed by atoms with Crippen LogP contribution in [0.1, 0.15) is 33.6 Å². The van der Waals surface area contributed by atoms with Gasteiger partial charge in [-0.2, -0.15) is 0 Å². The van der Waals surface area contributed by atoms with Gasteiger partial charge in [0.1, 0.15) is 5.76 Å². The number of unbranched alkanes of at least 4 members (excludes halogenated alkanes) is 1. The first-order valence-corrected chi connectivity index (χ1v) is 5.64. The predicted molar refractivity (Wildman–Crippen MR) is 60.4 cm³/mol. The molecule has 1 aliphatic heterocycles. The molecule has 2 nitrogen and oxygen atoms in total. The summed E-state index contributed by atoms with van der Waals surface area (Å²) >= 11 is 1.18. The zero-order valence-corrected chi connectivity index (χ0v) is 9.65. The van der Waals surface area contributed by atoms with Crippen LogP contribution in [0.4, 0.5) is 0 Å². The summed E-state index contributed by atoms with van der Waals surface area (Å²) in [4.78, 5) is 11.3. The Labute approximate surface area is 89.1 Å². The Morgan fingerprint density at radius 3 is 2.64 bits per heavy atom. The SMILES string of the molecule is CCC/C=C/[C@@]1(C)SC(=O)C(C)=C1O. The molecule has 0 saturated carbocycles. The van der Waals surface area contributed by atoms with Crippen LogP contribution in [0.25, 0.3) is 0 Å². The average Bonchev–Trinajstić information content (AvgIpc) is 2.32. The molecule has 0 aromatic carbocycles. The van der Waals surface area contributed by atoms with Gasteiger partial charge in [-0.15, -0.1) is 0 Å². The molecule has 78 valence electrons. The molecule has 0 bridgehead atoms. The van der Waals surface area contributed by atoms with E-state index in [1.54, 1.807) is 6.92 Å². The summed E-state index contributed by atoms with van der Waals surface area (Å²) in [5.74, 6) is 0.208. The molecule has 1 heterocycles. The number of rotatable bonds is 3. The zero-order chi connectivity index (χ0) is 10.8. The van der Waals surface area contributed by atoms with E-state index in [9.17, 15) is 9.90 Å². The summed E-state index contributed by atoms with van der Waals surface area (Å²) in [5, 5.41) is 9.75. The number of hydrogen-bond acceptors (Lipinski definition) is 3. The van der Waals surface area contributed by atoms with E-state index in [1.807, 2.05) is 19.1 Å². The summed E-state index contributed by atoms with van der Waals surface area (Å²) in [6.07, 6.45) is 6.01. The molecule has 0 aromatic heterocycles. The molecule has 0 fully saturated rings. The van der Waals surface area contributed by atoms with Gasteiger partial charge in [-0.1, -0.05) is 37.3 Å². The molecule has 0 unspecified atom stereocenters. The molecule has 1 aliphatic rings. The Balaban J connectivity index is 2.83.